The third-order valence-electron chi connectivity index (χ3n) is 4.26. The van der Waals surface area contributed by atoms with Crippen molar-refractivity contribution >= 4 is 11.9 Å². The molecule has 0 radical (unpaired) electrons. The topological polar surface area (TPSA) is 64.6 Å². The molecule has 0 saturated heterocycles. The Labute approximate surface area is 160 Å². The third-order valence-corrected chi connectivity index (χ3v) is 4.26. The zero-order valence-corrected chi connectivity index (χ0v) is 16.4. The molecule has 27 heavy (non-hydrogen) atoms. The first-order chi connectivity index (χ1) is 12.9. The number of hydrogen-bond acceptors (Lipinski definition) is 4. The number of aryl methyl sites for hydroxylation is 3. The van der Waals surface area contributed by atoms with E-state index in [-0.39, 0.29) is 25.2 Å². The molecular formula is C22H27NO4. The smallest absolute Gasteiger partial charge is 0.344 e. The number of rotatable bonds is 8. The summed E-state index contributed by atoms with van der Waals surface area (Å²) >= 11 is 0. The lowest BCUT2D eigenvalue weighted by Crippen LogP contribution is -2.33. The van der Waals surface area contributed by atoms with Gasteiger partial charge < -0.3 is 14.8 Å². The Hall–Kier alpha value is -2.82. The molecule has 0 fully saturated rings. The summed E-state index contributed by atoms with van der Waals surface area (Å²) in [6.07, 6.45) is 0.749. The fourth-order valence-electron chi connectivity index (χ4n) is 2.74. The fraction of sp³-hybridized carbons (Fsp3) is 0.364. The normalized spacial score (nSPS) is 11.6. The van der Waals surface area contributed by atoms with Crippen molar-refractivity contribution in [3.63, 3.8) is 0 Å². The molecule has 1 amide bonds. The second-order valence-electron chi connectivity index (χ2n) is 6.66. The molecule has 2 aromatic carbocycles. The molecule has 0 bridgehead atoms. The van der Waals surface area contributed by atoms with Crippen LogP contribution in [0.2, 0.25) is 0 Å². The Morgan fingerprint density at radius 1 is 0.963 bits per heavy atom. The lowest BCUT2D eigenvalue weighted by atomic mass is 10.0. The van der Waals surface area contributed by atoms with Crippen molar-refractivity contribution < 1.29 is 19.1 Å². The average molecular weight is 369 g/mol. The van der Waals surface area contributed by atoms with Crippen LogP contribution in [-0.2, 0) is 14.3 Å². The van der Waals surface area contributed by atoms with Crippen LogP contribution in [0.15, 0.2) is 42.5 Å². The van der Waals surface area contributed by atoms with E-state index in [2.05, 4.69) is 5.32 Å². The zero-order chi connectivity index (χ0) is 19.8. The minimum absolute atomic E-state index is 0.108. The van der Waals surface area contributed by atoms with Gasteiger partial charge >= 0.3 is 5.97 Å². The first kappa shape index (κ1) is 20.5. The highest BCUT2D eigenvalue weighted by molar-refractivity contribution is 5.81. The molecule has 0 spiro atoms. The van der Waals surface area contributed by atoms with Gasteiger partial charge in [-0.05, 0) is 44.4 Å². The average Bonchev–Trinajstić information content (AvgIpc) is 2.64. The quantitative estimate of drug-likeness (QED) is 0.719. The van der Waals surface area contributed by atoms with Crippen LogP contribution in [0.5, 0.6) is 5.75 Å². The van der Waals surface area contributed by atoms with Crippen molar-refractivity contribution in [1.82, 2.24) is 5.32 Å². The summed E-state index contributed by atoms with van der Waals surface area (Å²) in [6, 6.07) is 13.6. The van der Waals surface area contributed by atoms with Gasteiger partial charge in [-0.1, -0.05) is 54.4 Å². The van der Waals surface area contributed by atoms with Crippen molar-refractivity contribution in [1.29, 1.82) is 0 Å². The van der Waals surface area contributed by atoms with Gasteiger partial charge in [0.1, 0.15) is 5.75 Å². The second kappa shape index (κ2) is 9.76. The molecule has 5 nitrogen and oxygen atoms in total. The monoisotopic (exact) mass is 369 g/mol. The van der Waals surface area contributed by atoms with Gasteiger partial charge in [0.15, 0.2) is 13.2 Å². The highest BCUT2D eigenvalue weighted by Crippen LogP contribution is 2.19. The van der Waals surface area contributed by atoms with Crippen molar-refractivity contribution in [3.05, 3.63) is 64.7 Å². The maximum absolute atomic E-state index is 12.1. The summed E-state index contributed by atoms with van der Waals surface area (Å²) in [6.45, 7) is 7.36. The van der Waals surface area contributed by atoms with Gasteiger partial charge in [-0.15, -0.1) is 0 Å². The number of hydrogen-bond donors (Lipinski definition) is 1. The number of esters is 1. The van der Waals surface area contributed by atoms with E-state index in [1.54, 1.807) is 0 Å². The Kier molecular flexibility index (Phi) is 7.41. The second-order valence-corrected chi connectivity index (χ2v) is 6.66. The predicted octanol–water partition coefficient (Wildman–Crippen LogP) is 3.80. The largest absolute Gasteiger partial charge is 0.482 e. The van der Waals surface area contributed by atoms with Crippen LogP contribution in [0, 0.1) is 20.8 Å². The Bertz CT molecular complexity index is 783. The van der Waals surface area contributed by atoms with Gasteiger partial charge in [-0.3, -0.25) is 4.79 Å². The van der Waals surface area contributed by atoms with Gasteiger partial charge in [-0.2, -0.15) is 0 Å². The molecule has 1 N–H and O–H groups in total. The van der Waals surface area contributed by atoms with Crippen molar-refractivity contribution in [3.8, 4) is 5.75 Å². The van der Waals surface area contributed by atoms with E-state index in [0.29, 0.717) is 5.75 Å². The molecule has 2 rings (SSSR count). The Morgan fingerprint density at radius 3 is 2.26 bits per heavy atom. The number of carbonyl (C=O) groups is 2. The summed E-state index contributed by atoms with van der Waals surface area (Å²) in [5.74, 6) is -0.275. The van der Waals surface area contributed by atoms with Crippen LogP contribution < -0.4 is 10.1 Å². The van der Waals surface area contributed by atoms with Crippen LogP contribution in [0.4, 0.5) is 0 Å². The third kappa shape index (κ3) is 6.44. The van der Waals surface area contributed by atoms with Gasteiger partial charge in [0.25, 0.3) is 5.91 Å². The van der Waals surface area contributed by atoms with Gasteiger partial charge in [0, 0.05) is 0 Å². The Morgan fingerprint density at radius 2 is 1.63 bits per heavy atom. The lowest BCUT2D eigenvalue weighted by Gasteiger charge is -2.17. The van der Waals surface area contributed by atoms with Crippen molar-refractivity contribution in [2.75, 3.05) is 13.2 Å². The zero-order valence-electron chi connectivity index (χ0n) is 16.4. The van der Waals surface area contributed by atoms with E-state index in [1.807, 2.05) is 70.2 Å². The maximum atomic E-state index is 12.1. The molecule has 2 aromatic rings. The summed E-state index contributed by atoms with van der Waals surface area (Å²) in [4.78, 5) is 23.9. The predicted molar refractivity (Wildman–Crippen MR) is 105 cm³/mol. The molecule has 0 aliphatic heterocycles. The summed E-state index contributed by atoms with van der Waals surface area (Å²) in [7, 11) is 0. The molecule has 0 saturated carbocycles. The Balaban J connectivity index is 1.78. The first-order valence-electron chi connectivity index (χ1n) is 9.10. The molecule has 144 valence electrons. The van der Waals surface area contributed by atoms with E-state index < -0.39 is 5.97 Å². The fourth-order valence-corrected chi connectivity index (χ4v) is 2.74. The van der Waals surface area contributed by atoms with E-state index >= 15 is 0 Å². The number of amides is 1. The molecule has 5 heteroatoms. The van der Waals surface area contributed by atoms with Crippen LogP contribution in [-0.4, -0.2) is 25.1 Å². The highest BCUT2D eigenvalue weighted by atomic mass is 16.6. The molecule has 0 aromatic heterocycles. The first-order valence-corrected chi connectivity index (χ1v) is 9.10. The minimum atomic E-state index is -0.575. The molecule has 0 heterocycles. The summed E-state index contributed by atoms with van der Waals surface area (Å²) < 4.78 is 10.5. The maximum Gasteiger partial charge on any atom is 0.344 e. The summed E-state index contributed by atoms with van der Waals surface area (Å²) in [5, 5.41) is 2.89. The number of benzene rings is 2. The SMILES string of the molecule is CC[C@H](NC(=O)COC(=O)COc1ccc(C)cc1C)c1ccc(C)cc1. The van der Waals surface area contributed by atoms with Crippen molar-refractivity contribution in [2.45, 2.75) is 40.2 Å². The van der Waals surface area contributed by atoms with Crippen LogP contribution in [0.3, 0.4) is 0 Å². The number of nitrogens with one attached hydrogen (secondary N) is 1. The van der Waals surface area contributed by atoms with Gasteiger partial charge in [-0.25, -0.2) is 4.79 Å². The summed E-state index contributed by atoms with van der Waals surface area (Å²) in [5.41, 5.74) is 4.27. The molecular weight excluding hydrogens is 342 g/mol. The number of ether oxygens (including phenoxy) is 2. The highest BCUT2D eigenvalue weighted by Gasteiger charge is 2.14. The molecule has 1 atom stereocenters. The van der Waals surface area contributed by atoms with Crippen molar-refractivity contribution in [2.24, 2.45) is 0 Å². The van der Waals surface area contributed by atoms with E-state index in [1.165, 1.54) is 0 Å². The van der Waals surface area contributed by atoms with E-state index in [9.17, 15) is 9.59 Å². The van der Waals surface area contributed by atoms with Gasteiger partial charge in [0.2, 0.25) is 0 Å². The van der Waals surface area contributed by atoms with E-state index in [0.717, 1.165) is 28.7 Å². The molecule has 0 unspecified atom stereocenters. The standard InChI is InChI=1S/C22H27NO4/c1-5-19(18-9-6-15(2)7-10-18)23-21(24)13-27-22(25)14-26-20-11-8-16(3)12-17(20)4/h6-12,19H,5,13-14H2,1-4H3,(H,23,24)/t19-/m0/s1. The van der Waals surface area contributed by atoms with Crippen LogP contribution >= 0.6 is 0 Å². The van der Waals surface area contributed by atoms with E-state index in [4.69, 9.17) is 9.47 Å². The van der Waals surface area contributed by atoms with Crippen LogP contribution in [0.25, 0.3) is 0 Å². The molecule has 0 aliphatic rings. The lowest BCUT2D eigenvalue weighted by molar-refractivity contribution is -0.150. The van der Waals surface area contributed by atoms with Crippen LogP contribution in [0.1, 0.15) is 41.6 Å². The minimum Gasteiger partial charge on any atom is -0.482 e. The van der Waals surface area contributed by atoms with Gasteiger partial charge in [0.05, 0.1) is 6.04 Å². The molecule has 0 aliphatic carbocycles. The number of carbonyl (C=O) groups excluding carboxylic acids is 2.